The van der Waals surface area contributed by atoms with Crippen molar-refractivity contribution < 1.29 is 9.21 Å². The fraction of sp³-hybridized carbons (Fsp3) is 0. The number of imidazole rings is 1. The lowest BCUT2D eigenvalue weighted by molar-refractivity contribution is 0.112. The number of halogens is 1. The van der Waals surface area contributed by atoms with Gasteiger partial charge in [0.05, 0.1) is 16.4 Å². The predicted molar refractivity (Wildman–Crippen MR) is 66.0 cm³/mol. The second-order valence-corrected chi connectivity index (χ2v) is 4.30. The first-order chi connectivity index (χ1) is 8.31. The highest BCUT2D eigenvalue weighted by Crippen LogP contribution is 2.26. The van der Waals surface area contributed by atoms with Gasteiger partial charge in [-0.2, -0.15) is 0 Å². The Hall–Kier alpha value is -1.88. The zero-order valence-electron chi connectivity index (χ0n) is 8.63. The summed E-state index contributed by atoms with van der Waals surface area (Å²) >= 11 is 3.44. The molecule has 3 aromatic rings. The molecule has 0 N–H and O–H groups in total. The van der Waals surface area contributed by atoms with Crippen LogP contribution in [0.2, 0.25) is 0 Å². The molecule has 0 radical (unpaired) electrons. The molecule has 0 bridgehead atoms. The first-order valence-corrected chi connectivity index (χ1v) is 5.76. The first kappa shape index (κ1) is 10.3. The molecule has 84 valence electrons. The molecule has 0 aliphatic rings. The van der Waals surface area contributed by atoms with Crippen LogP contribution in [0.25, 0.3) is 17.1 Å². The van der Waals surface area contributed by atoms with Crippen LogP contribution in [0.15, 0.2) is 45.6 Å². The Morgan fingerprint density at radius 3 is 2.88 bits per heavy atom. The SMILES string of the molecule is O=Cc1nc(-c2ccco2)n2c(Br)cccc12. The molecule has 4 nitrogen and oxygen atoms in total. The van der Waals surface area contributed by atoms with Gasteiger partial charge in [-0.25, -0.2) is 4.98 Å². The highest BCUT2D eigenvalue weighted by molar-refractivity contribution is 9.10. The van der Waals surface area contributed by atoms with Crippen LogP contribution in [0.5, 0.6) is 0 Å². The minimum Gasteiger partial charge on any atom is -0.461 e. The molecule has 3 aromatic heterocycles. The van der Waals surface area contributed by atoms with Crippen molar-refractivity contribution in [1.29, 1.82) is 0 Å². The Bertz CT molecular complexity index is 686. The van der Waals surface area contributed by atoms with E-state index < -0.39 is 0 Å². The number of pyridine rings is 1. The molecule has 0 saturated carbocycles. The van der Waals surface area contributed by atoms with E-state index in [0.717, 1.165) is 16.4 Å². The summed E-state index contributed by atoms with van der Waals surface area (Å²) in [6, 6.07) is 9.18. The summed E-state index contributed by atoms with van der Waals surface area (Å²) in [5.74, 6) is 1.24. The molecule has 5 heteroatoms. The van der Waals surface area contributed by atoms with Crippen molar-refractivity contribution >= 4 is 27.7 Å². The zero-order chi connectivity index (χ0) is 11.8. The number of carbonyl (C=O) groups is 1. The maximum atomic E-state index is 11.0. The molecule has 3 rings (SSSR count). The van der Waals surface area contributed by atoms with Gasteiger partial charge in [0.2, 0.25) is 0 Å². The van der Waals surface area contributed by atoms with Crippen LogP contribution < -0.4 is 0 Å². The lowest BCUT2D eigenvalue weighted by Gasteiger charge is -2.00. The lowest BCUT2D eigenvalue weighted by Crippen LogP contribution is -1.89. The van der Waals surface area contributed by atoms with Crippen molar-refractivity contribution in [2.24, 2.45) is 0 Å². The molecule has 0 unspecified atom stereocenters. The maximum absolute atomic E-state index is 11.0. The van der Waals surface area contributed by atoms with Crippen molar-refractivity contribution in [2.75, 3.05) is 0 Å². The summed E-state index contributed by atoms with van der Waals surface area (Å²) in [7, 11) is 0. The second kappa shape index (κ2) is 3.85. The topological polar surface area (TPSA) is 47.5 Å². The Morgan fingerprint density at radius 2 is 2.18 bits per heavy atom. The van der Waals surface area contributed by atoms with Crippen LogP contribution in [-0.2, 0) is 0 Å². The summed E-state index contributed by atoms with van der Waals surface area (Å²) in [5, 5.41) is 0. The van der Waals surface area contributed by atoms with Gasteiger partial charge in [-0.05, 0) is 40.2 Å². The maximum Gasteiger partial charge on any atom is 0.182 e. The van der Waals surface area contributed by atoms with E-state index in [1.165, 1.54) is 0 Å². The Balaban J connectivity index is 2.43. The van der Waals surface area contributed by atoms with Crippen molar-refractivity contribution in [2.45, 2.75) is 0 Å². The number of aldehydes is 1. The van der Waals surface area contributed by atoms with E-state index in [1.807, 2.05) is 28.7 Å². The molecule has 0 aliphatic heterocycles. The smallest absolute Gasteiger partial charge is 0.182 e. The highest BCUT2D eigenvalue weighted by Gasteiger charge is 2.15. The monoisotopic (exact) mass is 290 g/mol. The van der Waals surface area contributed by atoms with Gasteiger partial charge in [0, 0.05) is 0 Å². The third-order valence-electron chi connectivity index (χ3n) is 2.50. The third-order valence-corrected chi connectivity index (χ3v) is 3.12. The molecule has 0 aliphatic carbocycles. The van der Waals surface area contributed by atoms with Gasteiger partial charge < -0.3 is 4.42 Å². The van der Waals surface area contributed by atoms with Crippen molar-refractivity contribution in [1.82, 2.24) is 9.38 Å². The molecule has 0 saturated heterocycles. The molecule has 0 fully saturated rings. The lowest BCUT2D eigenvalue weighted by atomic mass is 10.3. The summed E-state index contributed by atoms with van der Waals surface area (Å²) in [6.07, 6.45) is 2.32. The number of carbonyl (C=O) groups excluding carboxylic acids is 1. The second-order valence-electron chi connectivity index (χ2n) is 3.48. The number of hydrogen-bond donors (Lipinski definition) is 0. The van der Waals surface area contributed by atoms with E-state index in [1.54, 1.807) is 12.3 Å². The van der Waals surface area contributed by atoms with Crippen molar-refractivity contribution in [3.05, 3.63) is 46.9 Å². The van der Waals surface area contributed by atoms with Gasteiger partial charge in [-0.15, -0.1) is 0 Å². The van der Waals surface area contributed by atoms with E-state index >= 15 is 0 Å². The average molecular weight is 291 g/mol. The molecular weight excluding hydrogens is 284 g/mol. The molecule has 0 spiro atoms. The predicted octanol–water partition coefficient (Wildman–Crippen LogP) is 3.17. The molecule has 0 atom stereocenters. The number of rotatable bonds is 2. The number of nitrogens with zero attached hydrogens (tertiary/aromatic N) is 2. The zero-order valence-corrected chi connectivity index (χ0v) is 10.2. The van der Waals surface area contributed by atoms with Gasteiger partial charge in [0.25, 0.3) is 0 Å². The summed E-state index contributed by atoms with van der Waals surface area (Å²) in [4.78, 5) is 15.3. The number of hydrogen-bond acceptors (Lipinski definition) is 3. The number of fused-ring (bicyclic) bond motifs is 1. The van der Waals surface area contributed by atoms with E-state index in [0.29, 0.717) is 17.3 Å². The average Bonchev–Trinajstić information content (AvgIpc) is 2.95. The fourth-order valence-electron chi connectivity index (χ4n) is 1.78. The van der Waals surface area contributed by atoms with E-state index in [-0.39, 0.29) is 0 Å². The van der Waals surface area contributed by atoms with Gasteiger partial charge in [0.15, 0.2) is 17.9 Å². The van der Waals surface area contributed by atoms with E-state index in [2.05, 4.69) is 20.9 Å². The quantitative estimate of drug-likeness (QED) is 0.538. The standard InChI is InChI=1S/C12H7BrN2O2/c13-11-5-1-3-9-8(7-16)14-12(15(9)11)10-4-2-6-17-10/h1-7H. The molecule has 3 heterocycles. The Kier molecular flexibility index (Phi) is 2.33. The molecule has 0 amide bonds. The van der Waals surface area contributed by atoms with Gasteiger partial charge >= 0.3 is 0 Å². The van der Waals surface area contributed by atoms with Crippen LogP contribution in [0, 0.1) is 0 Å². The fourth-order valence-corrected chi connectivity index (χ4v) is 2.29. The van der Waals surface area contributed by atoms with Gasteiger partial charge in [0.1, 0.15) is 5.69 Å². The van der Waals surface area contributed by atoms with Crippen LogP contribution in [0.4, 0.5) is 0 Å². The normalized spacial score (nSPS) is 10.9. The van der Waals surface area contributed by atoms with Crippen LogP contribution in [0.3, 0.4) is 0 Å². The Labute approximate surface area is 105 Å². The summed E-state index contributed by atoms with van der Waals surface area (Å²) in [6.45, 7) is 0. The number of furan rings is 1. The van der Waals surface area contributed by atoms with Crippen molar-refractivity contribution in [3.63, 3.8) is 0 Å². The first-order valence-electron chi connectivity index (χ1n) is 4.97. The third kappa shape index (κ3) is 1.51. The largest absolute Gasteiger partial charge is 0.461 e. The van der Waals surface area contributed by atoms with Crippen LogP contribution >= 0.6 is 15.9 Å². The highest BCUT2D eigenvalue weighted by atomic mass is 79.9. The Morgan fingerprint density at radius 1 is 1.29 bits per heavy atom. The molecule has 0 aromatic carbocycles. The van der Waals surface area contributed by atoms with Gasteiger partial charge in [-0.1, -0.05) is 6.07 Å². The van der Waals surface area contributed by atoms with Crippen LogP contribution in [0.1, 0.15) is 10.5 Å². The molecular formula is C12H7BrN2O2. The summed E-state index contributed by atoms with van der Waals surface area (Å²) < 4.78 is 7.98. The minimum absolute atomic E-state index is 0.401. The van der Waals surface area contributed by atoms with E-state index in [9.17, 15) is 4.79 Å². The number of aromatic nitrogens is 2. The minimum atomic E-state index is 0.401. The molecule has 17 heavy (non-hydrogen) atoms. The van der Waals surface area contributed by atoms with Crippen molar-refractivity contribution in [3.8, 4) is 11.6 Å². The van der Waals surface area contributed by atoms with E-state index in [4.69, 9.17) is 4.42 Å². The van der Waals surface area contributed by atoms with Gasteiger partial charge in [-0.3, -0.25) is 9.20 Å². The van der Waals surface area contributed by atoms with Crippen LogP contribution in [-0.4, -0.2) is 15.7 Å². The summed E-state index contributed by atoms with van der Waals surface area (Å²) in [5.41, 5.74) is 1.15.